The molecule has 1 aliphatic carbocycles. The Bertz CT molecular complexity index is 1090. The Morgan fingerprint density at radius 1 is 1.14 bits per heavy atom. The van der Waals surface area contributed by atoms with E-state index in [2.05, 4.69) is 48.6 Å². The van der Waals surface area contributed by atoms with E-state index in [1.807, 2.05) is 23.4 Å². The number of amides is 2. The summed E-state index contributed by atoms with van der Waals surface area (Å²) < 4.78 is 1.95. The van der Waals surface area contributed by atoms with Gasteiger partial charge in [-0.2, -0.15) is 0 Å². The summed E-state index contributed by atoms with van der Waals surface area (Å²) in [5.74, 6) is -1.91. The summed E-state index contributed by atoms with van der Waals surface area (Å²) >= 11 is 0. The molecular formula is C26H36N4O5. The number of likely N-dealkylation sites (tertiary alicyclic amines) is 1. The number of carbonyl (C=O) groups excluding carboxylic acids is 1. The molecular weight excluding hydrogens is 448 g/mol. The van der Waals surface area contributed by atoms with Gasteiger partial charge >= 0.3 is 18.0 Å². The monoisotopic (exact) mass is 484 g/mol. The molecule has 35 heavy (non-hydrogen) atoms. The van der Waals surface area contributed by atoms with Crippen LogP contribution in [0.5, 0.6) is 0 Å². The van der Waals surface area contributed by atoms with E-state index in [9.17, 15) is 14.4 Å². The van der Waals surface area contributed by atoms with Crippen molar-refractivity contribution < 1.29 is 24.6 Å². The second-order valence-corrected chi connectivity index (χ2v) is 9.22. The molecule has 0 bridgehead atoms. The number of rotatable bonds is 6. The van der Waals surface area contributed by atoms with Crippen LogP contribution >= 0.6 is 0 Å². The van der Waals surface area contributed by atoms with Gasteiger partial charge in [-0.3, -0.25) is 9.58 Å². The van der Waals surface area contributed by atoms with Crippen LogP contribution in [0, 0.1) is 0 Å². The molecule has 1 aliphatic heterocycles. The van der Waals surface area contributed by atoms with Gasteiger partial charge in [0.25, 0.3) is 0 Å². The topological polar surface area (TPSA) is 115 Å². The number of piperidine rings is 1. The minimum Gasteiger partial charge on any atom is -0.478 e. The van der Waals surface area contributed by atoms with E-state index < -0.39 is 11.9 Å². The van der Waals surface area contributed by atoms with E-state index in [-0.39, 0.29) is 6.03 Å². The number of nitrogens with zero attached hydrogens (tertiary/aromatic N) is 3. The molecule has 1 aromatic heterocycles. The number of nitrogens with one attached hydrogen (secondary N) is 1. The molecule has 2 heterocycles. The first-order valence-corrected chi connectivity index (χ1v) is 12.3. The van der Waals surface area contributed by atoms with Crippen LogP contribution in [-0.2, 0) is 16.0 Å². The van der Waals surface area contributed by atoms with Crippen LogP contribution in [0.3, 0.4) is 0 Å². The standard InChI is InChI=1S/C22H32N4O.C4H4O4/c1-5-24(6-2)22(27)23-26-14-16-13-20-17(10-8-12-25(20)15(3)4)18-9-7-11-19(26)21(16)18;5-3(6)1-2-4(7)8/h7,9,11,14-15,17,20H,5-6,8,10,12-13H2,1-4H3,(H,23,27);1-2H,(H,5,6)(H,7,8)/b;2-1-/t17?,20-;/m1./s1. The maximum absolute atomic E-state index is 12.6. The summed E-state index contributed by atoms with van der Waals surface area (Å²) in [6.07, 6.45) is 6.88. The number of aliphatic carboxylic acids is 2. The number of benzene rings is 1. The van der Waals surface area contributed by atoms with E-state index in [0.717, 1.165) is 11.9 Å². The van der Waals surface area contributed by atoms with Gasteiger partial charge < -0.3 is 15.1 Å². The van der Waals surface area contributed by atoms with Crippen molar-refractivity contribution >= 4 is 28.9 Å². The van der Waals surface area contributed by atoms with Crippen molar-refractivity contribution in [3.63, 3.8) is 0 Å². The quantitative estimate of drug-likeness (QED) is 0.536. The van der Waals surface area contributed by atoms with E-state index >= 15 is 0 Å². The van der Waals surface area contributed by atoms with Crippen molar-refractivity contribution in [1.29, 1.82) is 0 Å². The lowest BCUT2D eigenvalue weighted by Crippen LogP contribution is -2.49. The van der Waals surface area contributed by atoms with E-state index in [4.69, 9.17) is 10.2 Å². The van der Waals surface area contributed by atoms with Crippen LogP contribution in [0.4, 0.5) is 4.79 Å². The minimum atomic E-state index is -1.26. The zero-order valence-corrected chi connectivity index (χ0v) is 20.9. The molecule has 2 aliphatic rings. The molecule has 1 saturated heterocycles. The molecule has 9 heteroatoms. The SMILES string of the molecule is CCN(CC)C(=O)Nn1cc2c3c(cccc31)C1CCCN(C(C)C)[C@@H]1C2.O=C(O)/C=C\C(=O)O. The van der Waals surface area contributed by atoms with Gasteiger partial charge in [0, 0.05) is 54.8 Å². The Morgan fingerprint density at radius 3 is 2.37 bits per heavy atom. The van der Waals surface area contributed by atoms with Crippen molar-refractivity contribution in [2.24, 2.45) is 0 Å². The van der Waals surface area contributed by atoms with Gasteiger partial charge in [0.05, 0.1) is 5.52 Å². The normalized spacial score (nSPS) is 19.2. The van der Waals surface area contributed by atoms with Crippen LogP contribution < -0.4 is 5.43 Å². The molecule has 0 spiro atoms. The smallest absolute Gasteiger partial charge is 0.336 e. The van der Waals surface area contributed by atoms with Gasteiger partial charge in [0.15, 0.2) is 0 Å². The first kappa shape index (κ1) is 26.3. The summed E-state index contributed by atoms with van der Waals surface area (Å²) in [5.41, 5.74) is 7.07. The predicted octanol–water partition coefficient (Wildman–Crippen LogP) is 3.87. The molecule has 2 amide bonds. The summed E-state index contributed by atoms with van der Waals surface area (Å²) in [4.78, 5) is 36.2. The van der Waals surface area contributed by atoms with Crippen molar-refractivity contribution in [2.45, 2.75) is 65.0 Å². The number of carbonyl (C=O) groups is 3. The van der Waals surface area contributed by atoms with Gasteiger partial charge in [-0.15, -0.1) is 0 Å². The molecule has 2 aromatic rings. The summed E-state index contributed by atoms with van der Waals surface area (Å²) in [6, 6.07) is 7.71. The molecule has 4 rings (SSSR count). The fourth-order valence-corrected chi connectivity index (χ4v) is 5.35. The van der Waals surface area contributed by atoms with Crippen LogP contribution in [0.25, 0.3) is 10.9 Å². The van der Waals surface area contributed by atoms with Gasteiger partial charge in [0.2, 0.25) is 0 Å². The van der Waals surface area contributed by atoms with E-state index in [1.54, 1.807) is 0 Å². The Labute approximate surface area is 206 Å². The third-order valence-electron chi connectivity index (χ3n) is 6.89. The second kappa shape index (κ2) is 11.4. The summed E-state index contributed by atoms with van der Waals surface area (Å²) in [5, 5.41) is 17.0. The number of hydrogen-bond acceptors (Lipinski definition) is 4. The fourth-order valence-electron chi connectivity index (χ4n) is 5.35. The molecule has 1 fully saturated rings. The molecule has 0 saturated carbocycles. The lowest BCUT2D eigenvalue weighted by Gasteiger charge is -2.46. The lowest BCUT2D eigenvalue weighted by atomic mass is 9.74. The van der Waals surface area contributed by atoms with Crippen molar-refractivity contribution in [3.8, 4) is 0 Å². The van der Waals surface area contributed by atoms with Crippen molar-refractivity contribution in [3.05, 3.63) is 47.7 Å². The highest BCUT2D eigenvalue weighted by Crippen LogP contribution is 2.44. The Hall–Kier alpha value is -3.33. The zero-order valence-electron chi connectivity index (χ0n) is 20.9. The van der Waals surface area contributed by atoms with Crippen LogP contribution in [-0.4, -0.2) is 74.4 Å². The highest BCUT2D eigenvalue weighted by molar-refractivity contribution is 5.92. The molecule has 2 atom stereocenters. The number of urea groups is 1. The number of hydrogen-bond donors (Lipinski definition) is 3. The van der Waals surface area contributed by atoms with Gasteiger partial charge in [-0.1, -0.05) is 12.1 Å². The molecule has 3 N–H and O–H groups in total. The molecule has 190 valence electrons. The number of carboxylic acid groups (broad SMARTS) is 2. The predicted molar refractivity (Wildman–Crippen MR) is 135 cm³/mol. The summed E-state index contributed by atoms with van der Waals surface area (Å²) in [6.45, 7) is 11.3. The minimum absolute atomic E-state index is 0.0330. The maximum Gasteiger partial charge on any atom is 0.336 e. The van der Waals surface area contributed by atoms with Gasteiger partial charge in [0.1, 0.15) is 0 Å². The summed E-state index contributed by atoms with van der Waals surface area (Å²) in [7, 11) is 0. The maximum atomic E-state index is 12.6. The Balaban J connectivity index is 0.000000371. The highest BCUT2D eigenvalue weighted by Gasteiger charge is 2.38. The average Bonchev–Trinajstić information content (AvgIpc) is 3.16. The van der Waals surface area contributed by atoms with Crippen LogP contribution in [0.2, 0.25) is 0 Å². The van der Waals surface area contributed by atoms with E-state index in [1.165, 1.54) is 35.9 Å². The zero-order chi connectivity index (χ0) is 25.7. The molecule has 1 unspecified atom stereocenters. The third-order valence-corrected chi connectivity index (χ3v) is 6.89. The molecule has 0 radical (unpaired) electrons. The fraction of sp³-hybridized carbons (Fsp3) is 0.500. The van der Waals surface area contributed by atoms with E-state index in [0.29, 0.717) is 43.2 Å². The van der Waals surface area contributed by atoms with Gasteiger partial charge in [-0.05, 0) is 70.7 Å². The lowest BCUT2D eigenvalue weighted by molar-refractivity contribution is -0.134. The van der Waals surface area contributed by atoms with Crippen LogP contribution in [0.15, 0.2) is 36.5 Å². The van der Waals surface area contributed by atoms with Crippen molar-refractivity contribution in [2.75, 3.05) is 25.1 Å². The molecule has 9 nitrogen and oxygen atoms in total. The van der Waals surface area contributed by atoms with Gasteiger partial charge in [-0.25, -0.2) is 19.8 Å². The third kappa shape index (κ3) is 5.85. The average molecular weight is 485 g/mol. The second-order valence-electron chi connectivity index (χ2n) is 9.22. The Morgan fingerprint density at radius 2 is 1.80 bits per heavy atom. The number of carboxylic acids is 2. The van der Waals surface area contributed by atoms with Crippen LogP contribution in [0.1, 0.15) is 57.6 Å². The first-order valence-electron chi connectivity index (χ1n) is 12.3. The Kier molecular flexibility index (Phi) is 8.56. The van der Waals surface area contributed by atoms with Crippen molar-refractivity contribution in [1.82, 2.24) is 14.5 Å². The highest BCUT2D eigenvalue weighted by atomic mass is 16.4. The number of aromatic nitrogens is 1. The number of fused-ring (bicyclic) bond motifs is 2. The molecule has 1 aromatic carbocycles. The largest absolute Gasteiger partial charge is 0.478 e. The first-order chi connectivity index (χ1) is 16.7.